The van der Waals surface area contributed by atoms with Crippen molar-refractivity contribution < 1.29 is 9.18 Å². The number of ketones is 1. The molecule has 0 aliphatic heterocycles. The second kappa shape index (κ2) is 5.53. The van der Waals surface area contributed by atoms with E-state index in [0.717, 1.165) is 11.1 Å². The van der Waals surface area contributed by atoms with Crippen LogP contribution in [0.2, 0.25) is 0 Å². The lowest BCUT2D eigenvalue weighted by Crippen LogP contribution is -2.05. The predicted octanol–water partition coefficient (Wildman–Crippen LogP) is 3.90. The Kier molecular flexibility index (Phi) is 4.00. The predicted molar refractivity (Wildman–Crippen MR) is 77.7 cm³/mol. The molecule has 2 N–H and O–H groups in total. The third kappa shape index (κ3) is 3.20. The van der Waals surface area contributed by atoms with Gasteiger partial charge < -0.3 is 5.73 Å². The fraction of sp³-hybridized carbons (Fsp3) is 0.133. The van der Waals surface area contributed by atoms with E-state index in [1.807, 2.05) is 6.92 Å². The zero-order valence-electron chi connectivity index (χ0n) is 10.4. The van der Waals surface area contributed by atoms with Crippen LogP contribution in [0.25, 0.3) is 0 Å². The minimum Gasteiger partial charge on any atom is -0.399 e. The molecule has 0 atom stereocenters. The molecule has 0 spiro atoms. The topological polar surface area (TPSA) is 43.1 Å². The van der Waals surface area contributed by atoms with E-state index < -0.39 is 0 Å². The molecule has 0 amide bonds. The molecule has 0 radical (unpaired) electrons. The minimum absolute atomic E-state index is 0.0181. The largest absolute Gasteiger partial charge is 0.399 e. The van der Waals surface area contributed by atoms with Crippen molar-refractivity contribution in [2.45, 2.75) is 13.3 Å². The van der Waals surface area contributed by atoms with Crippen LogP contribution in [0.15, 0.2) is 40.9 Å². The summed E-state index contributed by atoms with van der Waals surface area (Å²) in [4.78, 5) is 12.2. The number of anilines is 1. The fourth-order valence-corrected chi connectivity index (χ4v) is 2.28. The molecule has 2 aromatic rings. The van der Waals surface area contributed by atoms with E-state index in [2.05, 4.69) is 15.9 Å². The SMILES string of the molecule is Cc1cc(C(=O)Cc2ccc(F)cc2Br)ccc1N. The molecule has 2 nitrogen and oxygen atoms in total. The van der Waals surface area contributed by atoms with Gasteiger partial charge in [-0.15, -0.1) is 0 Å². The highest BCUT2D eigenvalue weighted by molar-refractivity contribution is 9.10. The summed E-state index contributed by atoms with van der Waals surface area (Å²) in [6.07, 6.45) is 0.226. The Morgan fingerprint density at radius 2 is 2.00 bits per heavy atom. The first-order valence-corrected chi connectivity index (χ1v) is 6.60. The molecular weight excluding hydrogens is 309 g/mol. The van der Waals surface area contributed by atoms with Crippen LogP contribution in [0.5, 0.6) is 0 Å². The van der Waals surface area contributed by atoms with Crippen LogP contribution in [0.1, 0.15) is 21.5 Å². The summed E-state index contributed by atoms with van der Waals surface area (Å²) in [5, 5.41) is 0. The Morgan fingerprint density at radius 1 is 1.26 bits per heavy atom. The maximum atomic E-state index is 13.0. The number of aryl methyl sites for hydroxylation is 1. The van der Waals surface area contributed by atoms with Crippen molar-refractivity contribution in [2.75, 3.05) is 5.73 Å². The molecule has 0 aliphatic rings. The lowest BCUT2D eigenvalue weighted by Gasteiger charge is -2.06. The lowest BCUT2D eigenvalue weighted by atomic mass is 10.0. The van der Waals surface area contributed by atoms with Gasteiger partial charge in [0.1, 0.15) is 5.82 Å². The van der Waals surface area contributed by atoms with Crippen LogP contribution >= 0.6 is 15.9 Å². The second-order valence-corrected chi connectivity index (χ2v) is 5.26. The van der Waals surface area contributed by atoms with E-state index >= 15 is 0 Å². The number of hydrogen-bond donors (Lipinski definition) is 1. The molecular formula is C15H13BrFNO. The first-order valence-electron chi connectivity index (χ1n) is 5.80. The average molecular weight is 322 g/mol. The number of halogens is 2. The molecule has 0 fully saturated rings. The van der Waals surface area contributed by atoms with E-state index in [1.54, 1.807) is 24.3 Å². The van der Waals surface area contributed by atoms with Crippen LogP contribution in [0, 0.1) is 12.7 Å². The quantitative estimate of drug-likeness (QED) is 0.688. The van der Waals surface area contributed by atoms with Crippen molar-refractivity contribution in [1.82, 2.24) is 0 Å². The van der Waals surface area contributed by atoms with Gasteiger partial charge in [-0.05, 0) is 48.4 Å². The average Bonchev–Trinajstić information content (AvgIpc) is 2.36. The lowest BCUT2D eigenvalue weighted by molar-refractivity contribution is 0.0992. The van der Waals surface area contributed by atoms with Crippen molar-refractivity contribution in [3.8, 4) is 0 Å². The number of hydrogen-bond acceptors (Lipinski definition) is 2. The van der Waals surface area contributed by atoms with E-state index in [4.69, 9.17) is 5.73 Å². The van der Waals surface area contributed by atoms with Crippen LogP contribution in [-0.4, -0.2) is 5.78 Å². The van der Waals surface area contributed by atoms with Gasteiger partial charge in [-0.2, -0.15) is 0 Å². The molecule has 0 bridgehead atoms. The molecule has 0 aliphatic carbocycles. The summed E-state index contributed by atoms with van der Waals surface area (Å²) >= 11 is 3.26. The first kappa shape index (κ1) is 13.7. The van der Waals surface area contributed by atoms with Crippen molar-refractivity contribution in [3.05, 3.63) is 63.4 Å². The number of carbonyl (C=O) groups excluding carboxylic acids is 1. The third-order valence-corrected chi connectivity index (χ3v) is 3.70. The number of nitrogen functional groups attached to an aromatic ring is 1. The van der Waals surface area contributed by atoms with Crippen molar-refractivity contribution in [2.24, 2.45) is 0 Å². The standard InChI is InChI=1S/C15H13BrFNO/c1-9-6-11(3-5-14(9)18)15(19)7-10-2-4-12(17)8-13(10)16/h2-6,8H,7,18H2,1H3. The van der Waals surface area contributed by atoms with Crippen molar-refractivity contribution in [3.63, 3.8) is 0 Å². The summed E-state index contributed by atoms with van der Waals surface area (Å²) in [6, 6.07) is 9.53. The maximum Gasteiger partial charge on any atom is 0.167 e. The van der Waals surface area contributed by atoms with E-state index in [9.17, 15) is 9.18 Å². The van der Waals surface area contributed by atoms with Crippen LogP contribution in [0.4, 0.5) is 10.1 Å². The monoisotopic (exact) mass is 321 g/mol. The summed E-state index contributed by atoms with van der Waals surface area (Å²) in [6.45, 7) is 1.86. The Hall–Kier alpha value is -1.68. The van der Waals surface area contributed by atoms with E-state index in [1.165, 1.54) is 12.1 Å². The zero-order chi connectivity index (χ0) is 14.0. The Morgan fingerprint density at radius 3 is 2.63 bits per heavy atom. The number of Topliss-reactive ketones (excluding diaryl/α,β-unsaturated/α-hetero) is 1. The normalized spacial score (nSPS) is 10.5. The van der Waals surface area contributed by atoms with Gasteiger partial charge in [-0.1, -0.05) is 22.0 Å². The molecule has 98 valence electrons. The smallest absolute Gasteiger partial charge is 0.167 e. The number of rotatable bonds is 3. The fourth-order valence-electron chi connectivity index (χ4n) is 1.79. The molecule has 2 aromatic carbocycles. The summed E-state index contributed by atoms with van der Waals surface area (Å²) in [5.74, 6) is -0.346. The molecule has 19 heavy (non-hydrogen) atoms. The number of carbonyl (C=O) groups is 1. The molecule has 4 heteroatoms. The maximum absolute atomic E-state index is 13.0. The highest BCUT2D eigenvalue weighted by Gasteiger charge is 2.11. The highest BCUT2D eigenvalue weighted by atomic mass is 79.9. The first-order chi connectivity index (χ1) is 8.97. The molecule has 0 heterocycles. The Bertz CT molecular complexity index is 640. The molecule has 0 unspecified atom stereocenters. The Balaban J connectivity index is 2.23. The van der Waals surface area contributed by atoms with Gasteiger partial charge in [0.25, 0.3) is 0 Å². The van der Waals surface area contributed by atoms with Crippen molar-refractivity contribution in [1.29, 1.82) is 0 Å². The van der Waals surface area contributed by atoms with Gasteiger partial charge >= 0.3 is 0 Å². The van der Waals surface area contributed by atoms with E-state index in [-0.39, 0.29) is 18.0 Å². The van der Waals surface area contributed by atoms with Crippen LogP contribution < -0.4 is 5.73 Å². The van der Waals surface area contributed by atoms with Crippen LogP contribution in [-0.2, 0) is 6.42 Å². The van der Waals surface area contributed by atoms with Gasteiger partial charge in [-0.3, -0.25) is 4.79 Å². The van der Waals surface area contributed by atoms with Gasteiger partial charge in [0, 0.05) is 22.1 Å². The number of nitrogens with two attached hydrogens (primary N) is 1. The van der Waals surface area contributed by atoms with Gasteiger partial charge in [0.15, 0.2) is 5.78 Å². The summed E-state index contributed by atoms with van der Waals surface area (Å²) in [7, 11) is 0. The summed E-state index contributed by atoms with van der Waals surface area (Å²) < 4.78 is 13.6. The van der Waals surface area contributed by atoms with E-state index in [0.29, 0.717) is 15.7 Å². The van der Waals surface area contributed by atoms with Gasteiger partial charge in [-0.25, -0.2) is 4.39 Å². The van der Waals surface area contributed by atoms with Crippen LogP contribution in [0.3, 0.4) is 0 Å². The minimum atomic E-state index is -0.327. The molecule has 2 rings (SSSR count). The molecule has 0 saturated heterocycles. The van der Waals surface area contributed by atoms with Gasteiger partial charge in [0.2, 0.25) is 0 Å². The van der Waals surface area contributed by atoms with Gasteiger partial charge in [0.05, 0.1) is 0 Å². The third-order valence-electron chi connectivity index (χ3n) is 2.96. The van der Waals surface area contributed by atoms with Crippen molar-refractivity contribution >= 4 is 27.4 Å². The summed E-state index contributed by atoms with van der Waals surface area (Å²) in [5.41, 5.74) is 8.65. The Labute approximate surface area is 119 Å². The zero-order valence-corrected chi connectivity index (χ0v) is 12.0. The number of benzene rings is 2. The highest BCUT2D eigenvalue weighted by Crippen LogP contribution is 2.21. The second-order valence-electron chi connectivity index (χ2n) is 4.41. The molecule has 0 aromatic heterocycles. The molecule has 0 saturated carbocycles.